The van der Waals surface area contributed by atoms with Crippen LogP contribution in [0.1, 0.15) is 31.9 Å². The van der Waals surface area contributed by atoms with Crippen LogP contribution in [0.15, 0.2) is 29.3 Å². The van der Waals surface area contributed by atoms with Crippen molar-refractivity contribution < 1.29 is 9.53 Å². The van der Waals surface area contributed by atoms with E-state index in [0.717, 1.165) is 5.56 Å². The minimum absolute atomic E-state index is 0.334. The molecule has 2 aromatic rings. The van der Waals surface area contributed by atoms with Crippen LogP contribution in [-0.4, -0.2) is 47.2 Å². The standard InChI is InChI=1S/C19H25N7O2/c1-19(2,3)28-18(27)23-14-8-6-7-13(9-14)11-21-16-15(10-20)17(25-24-16)22-12-26(4)5/h6-9,12H,11H2,1-5H3,(H,23,27)(H2,21,24,25). The second-order valence-corrected chi connectivity index (χ2v) is 7.30. The van der Waals surface area contributed by atoms with Crippen molar-refractivity contribution in [1.82, 2.24) is 15.1 Å². The van der Waals surface area contributed by atoms with Crippen LogP contribution in [0.25, 0.3) is 0 Å². The molecule has 0 aliphatic carbocycles. The summed E-state index contributed by atoms with van der Waals surface area (Å²) in [6.07, 6.45) is 1.07. The van der Waals surface area contributed by atoms with Gasteiger partial charge in [-0.2, -0.15) is 10.4 Å². The average Bonchev–Trinajstić information content (AvgIpc) is 2.98. The number of amides is 1. The molecule has 1 amide bonds. The van der Waals surface area contributed by atoms with Gasteiger partial charge in [-0.05, 0) is 38.5 Å². The number of nitrogens with one attached hydrogen (secondary N) is 3. The van der Waals surface area contributed by atoms with Gasteiger partial charge in [0.05, 0.1) is 6.34 Å². The Bertz CT molecular complexity index is 888. The molecule has 9 nitrogen and oxygen atoms in total. The van der Waals surface area contributed by atoms with Crippen LogP contribution >= 0.6 is 0 Å². The highest BCUT2D eigenvalue weighted by Gasteiger charge is 2.16. The van der Waals surface area contributed by atoms with Crippen molar-refractivity contribution >= 4 is 29.8 Å². The minimum atomic E-state index is -0.566. The summed E-state index contributed by atoms with van der Waals surface area (Å²) in [4.78, 5) is 17.8. The van der Waals surface area contributed by atoms with Crippen LogP contribution in [0.5, 0.6) is 0 Å². The zero-order valence-corrected chi connectivity index (χ0v) is 16.7. The summed E-state index contributed by atoms with van der Waals surface area (Å²) in [5, 5.41) is 22.1. The third-order valence-electron chi connectivity index (χ3n) is 3.31. The maximum absolute atomic E-state index is 11.9. The van der Waals surface area contributed by atoms with E-state index >= 15 is 0 Å². The summed E-state index contributed by atoms with van der Waals surface area (Å²) < 4.78 is 5.25. The summed E-state index contributed by atoms with van der Waals surface area (Å²) in [5.74, 6) is 0.804. The van der Waals surface area contributed by atoms with Gasteiger partial charge in [0.15, 0.2) is 11.6 Å². The van der Waals surface area contributed by atoms with E-state index in [4.69, 9.17) is 4.74 Å². The van der Waals surface area contributed by atoms with E-state index in [0.29, 0.717) is 29.4 Å². The molecule has 0 saturated carbocycles. The molecule has 0 unspecified atom stereocenters. The Kier molecular flexibility index (Phi) is 6.60. The number of aromatic nitrogens is 2. The topological polar surface area (TPSA) is 118 Å². The third-order valence-corrected chi connectivity index (χ3v) is 3.31. The molecule has 2 rings (SSSR count). The number of nitrogens with zero attached hydrogens (tertiary/aromatic N) is 4. The normalized spacial score (nSPS) is 11.1. The maximum Gasteiger partial charge on any atom is 0.412 e. The number of nitriles is 1. The summed E-state index contributed by atoms with van der Waals surface area (Å²) in [7, 11) is 3.67. The van der Waals surface area contributed by atoms with Crippen LogP contribution in [0, 0.1) is 11.3 Å². The Balaban J connectivity index is 2.04. The Morgan fingerprint density at radius 2 is 2.18 bits per heavy atom. The zero-order chi connectivity index (χ0) is 20.7. The average molecular weight is 383 g/mol. The number of aliphatic imine (C=N–C) groups is 1. The SMILES string of the molecule is CN(C)C=Nc1[nH]nc(NCc2cccc(NC(=O)OC(C)(C)C)c2)c1C#N. The van der Waals surface area contributed by atoms with Gasteiger partial charge in [0, 0.05) is 26.3 Å². The van der Waals surface area contributed by atoms with E-state index in [1.807, 2.05) is 32.3 Å². The van der Waals surface area contributed by atoms with Gasteiger partial charge >= 0.3 is 6.09 Å². The van der Waals surface area contributed by atoms with Crippen LogP contribution in [0.4, 0.5) is 22.1 Å². The Morgan fingerprint density at radius 1 is 1.43 bits per heavy atom. The molecule has 0 spiro atoms. The van der Waals surface area contributed by atoms with Crippen molar-refractivity contribution in [2.75, 3.05) is 24.7 Å². The van der Waals surface area contributed by atoms with Crippen LogP contribution in [-0.2, 0) is 11.3 Å². The largest absolute Gasteiger partial charge is 0.444 e. The first-order valence-electron chi connectivity index (χ1n) is 8.70. The number of hydrogen-bond donors (Lipinski definition) is 3. The predicted octanol–water partition coefficient (Wildman–Crippen LogP) is 3.46. The fourth-order valence-corrected chi connectivity index (χ4v) is 2.20. The lowest BCUT2D eigenvalue weighted by Gasteiger charge is -2.19. The molecule has 1 aromatic heterocycles. The van der Waals surface area contributed by atoms with Crippen LogP contribution < -0.4 is 10.6 Å². The molecule has 3 N–H and O–H groups in total. The fraction of sp³-hybridized carbons (Fsp3) is 0.368. The Hall–Kier alpha value is -3.54. The van der Waals surface area contributed by atoms with Crippen LogP contribution in [0.2, 0.25) is 0 Å². The zero-order valence-electron chi connectivity index (χ0n) is 16.7. The number of aromatic amines is 1. The molecule has 1 heterocycles. The molecule has 0 saturated heterocycles. The number of ether oxygens (including phenoxy) is 1. The second-order valence-electron chi connectivity index (χ2n) is 7.30. The van der Waals surface area contributed by atoms with E-state index in [2.05, 4.69) is 31.9 Å². The smallest absolute Gasteiger partial charge is 0.412 e. The number of H-pyrrole nitrogens is 1. The molecule has 0 radical (unpaired) electrons. The summed E-state index contributed by atoms with van der Waals surface area (Å²) in [5.41, 5.74) is 1.29. The molecular formula is C19H25N7O2. The van der Waals surface area contributed by atoms with E-state index in [9.17, 15) is 10.1 Å². The number of benzene rings is 1. The van der Waals surface area contributed by atoms with Gasteiger partial charge < -0.3 is 15.0 Å². The molecular weight excluding hydrogens is 358 g/mol. The van der Waals surface area contributed by atoms with Crippen molar-refractivity contribution in [3.05, 3.63) is 35.4 Å². The van der Waals surface area contributed by atoms with E-state index in [1.165, 1.54) is 0 Å². The quantitative estimate of drug-likeness (QED) is 0.519. The summed E-state index contributed by atoms with van der Waals surface area (Å²) in [6, 6.07) is 9.42. The number of carbonyl (C=O) groups is 1. The van der Waals surface area contributed by atoms with Crippen molar-refractivity contribution in [2.45, 2.75) is 32.9 Å². The lowest BCUT2D eigenvalue weighted by molar-refractivity contribution is 0.0636. The fourth-order valence-electron chi connectivity index (χ4n) is 2.20. The molecule has 148 valence electrons. The number of rotatable bonds is 6. The first-order chi connectivity index (χ1) is 13.2. The van der Waals surface area contributed by atoms with Gasteiger partial charge in [-0.3, -0.25) is 10.4 Å². The van der Waals surface area contributed by atoms with E-state index in [1.54, 1.807) is 38.1 Å². The Labute approximate surface area is 164 Å². The van der Waals surface area contributed by atoms with Crippen molar-refractivity contribution in [3.8, 4) is 6.07 Å². The molecule has 28 heavy (non-hydrogen) atoms. The van der Waals surface area contributed by atoms with Crippen molar-refractivity contribution in [3.63, 3.8) is 0 Å². The predicted molar refractivity (Wildman–Crippen MR) is 109 cm³/mol. The summed E-state index contributed by atoms with van der Waals surface area (Å²) in [6.45, 7) is 5.83. The van der Waals surface area contributed by atoms with Gasteiger partial charge in [-0.15, -0.1) is 0 Å². The first-order valence-corrected chi connectivity index (χ1v) is 8.70. The number of anilines is 2. The molecule has 0 aliphatic heterocycles. The van der Waals surface area contributed by atoms with Crippen LogP contribution in [0.3, 0.4) is 0 Å². The van der Waals surface area contributed by atoms with Crippen molar-refractivity contribution in [1.29, 1.82) is 5.26 Å². The van der Waals surface area contributed by atoms with Crippen molar-refractivity contribution in [2.24, 2.45) is 4.99 Å². The van der Waals surface area contributed by atoms with Gasteiger partial charge in [-0.1, -0.05) is 12.1 Å². The highest BCUT2D eigenvalue weighted by atomic mass is 16.6. The molecule has 0 aliphatic rings. The van der Waals surface area contributed by atoms with Gasteiger partial charge in [0.1, 0.15) is 17.2 Å². The molecule has 0 fully saturated rings. The minimum Gasteiger partial charge on any atom is -0.444 e. The molecule has 0 atom stereocenters. The Morgan fingerprint density at radius 3 is 2.82 bits per heavy atom. The monoisotopic (exact) mass is 383 g/mol. The van der Waals surface area contributed by atoms with E-state index in [-0.39, 0.29) is 0 Å². The third kappa shape index (κ3) is 6.32. The lowest BCUT2D eigenvalue weighted by Crippen LogP contribution is -2.27. The molecule has 0 bridgehead atoms. The van der Waals surface area contributed by atoms with E-state index < -0.39 is 11.7 Å². The van der Waals surface area contributed by atoms with Gasteiger partial charge in [0.2, 0.25) is 0 Å². The highest BCUT2D eigenvalue weighted by molar-refractivity contribution is 5.85. The van der Waals surface area contributed by atoms with Gasteiger partial charge in [-0.25, -0.2) is 9.79 Å². The lowest BCUT2D eigenvalue weighted by atomic mass is 10.2. The highest BCUT2D eigenvalue weighted by Crippen LogP contribution is 2.23. The molecule has 9 heteroatoms. The maximum atomic E-state index is 11.9. The number of carbonyl (C=O) groups excluding carboxylic acids is 1. The number of hydrogen-bond acceptors (Lipinski definition) is 6. The summed E-state index contributed by atoms with van der Waals surface area (Å²) >= 11 is 0. The first kappa shape index (κ1) is 20.8. The van der Waals surface area contributed by atoms with Gasteiger partial charge in [0.25, 0.3) is 0 Å². The second kappa shape index (κ2) is 8.90. The molecule has 1 aromatic carbocycles.